The van der Waals surface area contributed by atoms with Crippen molar-refractivity contribution in [2.75, 3.05) is 34.4 Å². The summed E-state index contributed by atoms with van der Waals surface area (Å²) in [5.41, 5.74) is 0. The Morgan fingerprint density at radius 3 is 1.87 bits per heavy atom. The van der Waals surface area contributed by atoms with Gasteiger partial charge in [0, 0.05) is 31.8 Å². The van der Waals surface area contributed by atoms with Crippen LogP contribution in [0.5, 0.6) is 0 Å². The molecule has 0 aliphatic rings. The smallest absolute Gasteiger partial charge is 0.0630 e. The van der Waals surface area contributed by atoms with Gasteiger partial charge in [-0.15, -0.1) is 0 Å². The van der Waals surface area contributed by atoms with Crippen molar-refractivity contribution in [1.82, 2.24) is 9.80 Å². The molecule has 0 radical (unpaired) electrons. The van der Waals surface area contributed by atoms with Crippen LogP contribution in [0.2, 0.25) is 0 Å². The van der Waals surface area contributed by atoms with Gasteiger partial charge in [0.05, 0.1) is 6.61 Å². The van der Waals surface area contributed by atoms with Crippen molar-refractivity contribution in [2.45, 2.75) is 45.8 Å². The van der Waals surface area contributed by atoms with E-state index in [0.717, 1.165) is 13.2 Å². The van der Waals surface area contributed by atoms with Gasteiger partial charge in [-0.3, -0.25) is 4.90 Å². The summed E-state index contributed by atoms with van der Waals surface area (Å²) in [6, 6.07) is 1.62. The Hall–Kier alpha value is -0.120. The first-order valence-electron chi connectivity index (χ1n) is 5.81. The molecule has 0 fully saturated rings. The molecule has 15 heavy (non-hydrogen) atoms. The van der Waals surface area contributed by atoms with Crippen molar-refractivity contribution in [3.8, 4) is 0 Å². The SMILES string of the molecule is COC[C@H](CN(C)C(C)C)N(C)C(C)C. The van der Waals surface area contributed by atoms with Gasteiger partial charge in [-0.2, -0.15) is 0 Å². The Bertz CT molecular complexity index is 160. The highest BCUT2D eigenvalue weighted by atomic mass is 16.5. The molecule has 3 nitrogen and oxygen atoms in total. The van der Waals surface area contributed by atoms with Gasteiger partial charge in [0.15, 0.2) is 0 Å². The lowest BCUT2D eigenvalue weighted by molar-refractivity contribution is 0.0624. The van der Waals surface area contributed by atoms with E-state index in [1.807, 2.05) is 0 Å². The van der Waals surface area contributed by atoms with Crippen molar-refractivity contribution >= 4 is 0 Å². The average Bonchev–Trinajstić information content (AvgIpc) is 2.15. The number of rotatable bonds is 7. The zero-order chi connectivity index (χ0) is 12.0. The minimum absolute atomic E-state index is 0.474. The first-order valence-corrected chi connectivity index (χ1v) is 5.81. The van der Waals surface area contributed by atoms with Gasteiger partial charge in [-0.25, -0.2) is 0 Å². The summed E-state index contributed by atoms with van der Waals surface area (Å²) in [7, 11) is 6.11. The van der Waals surface area contributed by atoms with E-state index < -0.39 is 0 Å². The lowest BCUT2D eigenvalue weighted by Crippen LogP contribution is -2.47. The molecule has 0 spiro atoms. The van der Waals surface area contributed by atoms with Crippen LogP contribution >= 0.6 is 0 Å². The minimum atomic E-state index is 0.474. The van der Waals surface area contributed by atoms with Gasteiger partial charge < -0.3 is 9.64 Å². The summed E-state index contributed by atoms with van der Waals surface area (Å²) in [6.07, 6.45) is 0. The van der Waals surface area contributed by atoms with Crippen LogP contribution in [-0.2, 0) is 4.74 Å². The molecule has 0 aliphatic heterocycles. The Morgan fingerprint density at radius 2 is 1.53 bits per heavy atom. The largest absolute Gasteiger partial charge is 0.383 e. The number of likely N-dealkylation sites (N-methyl/N-ethyl adjacent to an activating group) is 2. The first kappa shape index (κ1) is 14.9. The zero-order valence-corrected chi connectivity index (χ0v) is 11.4. The molecule has 0 saturated carbocycles. The summed E-state index contributed by atoms with van der Waals surface area (Å²) in [5, 5.41) is 0. The molecule has 0 unspecified atom stereocenters. The third-order valence-corrected chi connectivity index (χ3v) is 3.13. The molecule has 0 rings (SSSR count). The van der Waals surface area contributed by atoms with Gasteiger partial charge in [0.2, 0.25) is 0 Å². The van der Waals surface area contributed by atoms with Crippen molar-refractivity contribution in [3.63, 3.8) is 0 Å². The highest BCUT2D eigenvalue weighted by Gasteiger charge is 2.19. The predicted molar refractivity (Wildman–Crippen MR) is 66.3 cm³/mol. The first-order chi connectivity index (χ1) is 6.90. The van der Waals surface area contributed by atoms with E-state index in [2.05, 4.69) is 51.6 Å². The summed E-state index contributed by atoms with van der Waals surface area (Å²) in [5.74, 6) is 0. The highest BCUT2D eigenvalue weighted by molar-refractivity contribution is 4.75. The Labute approximate surface area is 95.4 Å². The molecule has 3 heteroatoms. The minimum Gasteiger partial charge on any atom is -0.383 e. The van der Waals surface area contributed by atoms with Gasteiger partial charge in [0.25, 0.3) is 0 Å². The van der Waals surface area contributed by atoms with Crippen LogP contribution in [0, 0.1) is 0 Å². The molecular formula is C12H28N2O. The second-order valence-electron chi connectivity index (χ2n) is 4.90. The molecule has 0 aliphatic carbocycles. The van der Waals surface area contributed by atoms with Crippen LogP contribution in [0.3, 0.4) is 0 Å². The third-order valence-electron chi connectivity index (χ3n) is 3.13. The van der Waals surface area contributed by atoms with Crippen molar-refractivity contribution in [3.05, 3.63) is 0 Å². The highest BCUT2D eigenvalue weighted by Crippen LogP contribution is 2.06. The van der Waals surface area contributed by atoms with E-state index in [9.17, 15) is 0 Å². The average molecular weight is 216 g/mol. The van der Waals surface area contributed by atoms with Gasteiger partial charge in [0.1, 0.15) is 0 Å². The maximum atomic E-state index is 5.29. The van der Waals surface area contributed by atoms with Crippen molar-refractivity contribution in [1.29, 1.82) is 0 Å². The number of hydrogen-bond donors (Lipinski definition) is 0. The van der Waals surface area contributed by atoms with Crippen LogP contribution in [0.15, 0.2) is 0 Å². The van der Waals surface area contributed by atoms with Crippen LogP contribution in [0.4, 0.5) is 0 Å². The van der Waals surface area contributed by atoms with E-state index >= 15 is 0 Å². The molecule has 0 aromatic heterocycles. The maximum Gasteiger partial charge on any atom is 0.0630 e. The lowest BCUT2D eigenvalue weighted by Gasteiger charge is -2.35. The molecular weight excluding hydrogens is 188 g/mol. The zero-order valence-electron chi connectivity index (χ0n) is 11.4. The summed E-state index contributed by atoms with van der Waals surface area (Å²) in [6.45, 7) is 10.7. The fraction of sp³-hybridized carbons (Fsp3) is 1.00. The van der Waals surface area contributed by atoms with Crippen molar-refractivity contribution in [2.24, 2.45) is 0 Å². The second-order valence-corrected chi connectivity index (χ2v) is 4.90. The Balaban J connectivity index is 4.26. The molecule has 0 amide bonds. The quantitative estimate of drug-likeness (QED) is 0.644. The number of ether oxygens (including phenoxy) is 1. The number of nitrogens with zero attached hydrogens (tertiary/aromatic N) is 2. The summed E-state index contributed by atoms with van der Waals surface area (Å²) >= 11 is 0. The fourth-order valence-electron chi connectivity index (χ4n) is 1.46. The van der Waals surface area contributed by atoms with Crippen LogP contribution in [0.25, 0.3) is 0 Å². The van der Waals surface area contributed by atoms with E-state index in [-0.39, 0.29) is 0 Å². The standard InChI is InChI=1S/C12H28N2O/c1-10(2)13(5)8-12(9-15-7)14(6)11(3)4/h10-12H,8-9H2,1-7H3/t12-/m0/s1. The molecule has 0 aromatic rings. The topological polar surface area (TPSA) is 15.7 Å². The van der Waals surface area contributed by atoms with E-state index in [1.165, 1.54) is 0 Å². The van der Waals surface area contributed by atoms with Gasteiger partial charge in [-0.05, 0) is 41.8 Å². The van der Waals surface area contributed by atoms with Gasteiger partial charge >= 0.3 is 0 Å². The molecule has 1 atom stereocenters. The number of hydrogen-bond acceptors (Lipinski definition) is 3. The fourth-order valence-corrected chi connectivity index (χ4v) is 1.46. The Kier molecular flexibility index (Phi) is 7.14. The normalized spacial score (nSPS) is 14.6. The van der Waals surface area contributed by atoms with E-state index in [4.69, 9.17) is 4.74 Å². The molecule has 0 bridgehead atoms. The van der Waals surface area contributed by atoms with Gasteiger partial charge in [-0.1, -0.05) is 0 Å². The third kappa shape index (κ3) is 5.50. The van der Waals surface area contributed by atoms with E-state index in [1.54, 1.807) is 7.11 Å². The lowest BCUT2D eigenvalue weighted by atomic mass is 10.2. The van der Waals surface area contributed by atoms with Crippen LogP contribution < -0.4 is 0 Å². The molecule has 0 saturated heterocycles. The monoisotopic (exact) mass is 216 g/mol. The summed E-state index contributed by atoms with van der Waals surface area (Å²) in [4.78, 5) is 4.74. The number of methoxy groups -OCH3 is 1. The molecule has 0 aromatic carbocycles. The van der Waals surface area contributed by atoms with Crippen molar-refractivity contribution < 1.29 is 4.74 Å². The predicted octanol–water partition coefficient (Wildman–Crippen LogP) is 1.68. The Morgan fingerprint density at radius 1 is 1.00 bits per heavy atom. The van der Waals surface area contributed by atoms with E-state index in [0.29, 0.717) is 18.1 Å². The summed E-state index contributed by atoms with van der Waals surface area (Å²) < 4.78 is 5.29. The second kappa shape index (κ2) is 7.20. The van der Waals surface area contributed by atoms with Crippen LogP contribution in [-0.4, -0.2) is 62.3 Å². The van der Waals surface area contributed by atoms with Crippen LogP contribution in [0.1, 0.15) is 27.7 Å². The maximum absolute atomic E-state index is 5.29. The molecule has 0 heterocycles. The molecule has 0 N–H and O–H groups in total. The molecule has 92 valence electrons.